The number of hydrogen-bond donors (Lipinski definition) is 1. The Hall–Kier alpha value is -2.08. The van der Waals surface area contributed by atoms with Crippen molar-refractivity contribution in [3.8, 4) is 0 Å². The number of amides is 1. The highest BCUT2D eigenvalue weighted by atomic mass is 35.5. The summed E-state index contributed by atoms with van der Waals surface area (Å²) in [5.41, 5.74) is 1.42. The first-order chi connectivity index (χ1) is 19.3. The maximum absolute atomic E-state index is 14.5. The van der Waals surface area contributed by atoms with Gasteiger partial charge in [0.2, 0.25) is 5.91 Å². The van der Waals surface area contributed by atoms with Crippen molar-refractivity contribution in [3.05, 3.63) is 63.1 Å². The number of aromatic nitrogens is 1. The van der Waals surface area contributed by atoms with E-state index >= 15 is 0 Å². The number of benzene rings is 1. The van der Waals surface area contributed by atoms with Gasteiger partial charge in [0.25, 0.3) is 5.56 Å². The lowest BCUT2D eigenvalue weighted by molar-refractivity contribution is -0.121. The zero-order valence-corrected chi connectivity index (χ0v) is 27.5. The van der Waals surface area contributed by atoms with E-state index in [1.165, 1.54) is 12.1 Å². The molecule has 3 aliphatic rings. The van der Waals surface area contributed by atoms with Crippen LogP contribution < -0.4 is 15.8 Å². The lowest BCUT2D eigenvalue weighted by Gasteiger charge is -2.44. The van der Waals surface area contributed by atoms with Gasteiger partial charge in [0.15, 0.2) is 0 Å². The van der Waals surface area contributed by atoms with Gasteiger partial charge >= 0.3 is 0 Å². The van der Waals surface area contributed by atoms with Crippen LogP contribution in [0, 0.1) is 11.6 Å². The second kappa shape index (κ2) is 13.9. The number of ether oxygens (including phenoxy) is 1. The van der Waals surface area contributed by atoms with Crippen LogP contribution in [-0.4, -0.2) is 90.4 Å². The van der Waals surface area contributed by atoms with E-state index in [0.29, 0.717) is 30.4 Å². The monoisotopic (exact) mass is 643 g/mol. The van der Waals surface area contributed by atoms with Gasteiger partial charge < -0.3 is 19.5 Å². The molecule has 2 aromatic rings. The van der Waals surface area contributed by atoms with Crippen LogP contribution in [0.25, 0.3) is 0 Å². The highest BCUT2D eigenvalue weighted by molar-refractivity contribution is 5.97. The Morgan fingerprint density at radius 3 is 2.49 bits per heavy atom. The molecule has 1 N–H and O–H groups in total. The zero-order chi connectivity index (χ0) is 29.6. The number of nitrogens with zero attached hydrogens (tertiary/aromatic N) is 4. The molecule has 5 rings (SSSR count). The molecule has 2 saturated heterocycles. The van der Waals surface area contributed by atoms with Crippen molar-refractivity contribution >= 4 is 36.4 Å². The van der Waals surface area contributed by atoms with Crippen LogP contribution in [-0.2, 0) is 28.4 Å². The molecular formula is C31H45Cl2F2N5O3. The van der Waals surface area contributed by atoms with Gasteiger partial charge in [0, 0.05) is 81.4 Å². The lowest BCUT2D eigenvalue weighted by atomic mass is 9.90. The third kappa shape index (κ3) is 7.43. The first kappa shape index (κ1) is 35.4. The van der Waals surface area contributed by atoms with Crippen LogP contribution in [0.5, 0.6) is 0 Å². The van der Waals surface area contributed by atoms with Crippen LogP contribution in [0.2, 0.25) is 0 Å². The van der Waals surface area contributed by atoms with Crippen LogP contribution in [0.15, 0.2) is 29.1 Å². The predicted octanol–water partition coefficient (Wildman–Crippen LogP) is 3.49. The number of nitrogens with one attached hydrogen (secondary N) is 1. The summed E-state index contributed by atoms with van der Waals surface area (Å²) in [4.78, 5) is 33.9. The third-order valence-corrected chi connectivity index (χ3v) is 8.90. The third-order valence-electron chi connectivity index (χ3n) is 8.90. The van der Waals surface area contributed by atoms with Crippen molar-refractivity contribution in [1.29, 1.82) is 0 Å². The van der Waals surface area contributed by atoms with Crippen molar-refractivity contribution in [2.75, 3.05) is 50.8 Å². The molecule has 0 spiro atoms. The minimum atomic E-state index is -0.691. The molecule has 3 aliphatic heterocycles. The number of anilines is 1. The maximum Gasteiger partial charge on any atom is 0.254 e. The molecule has 0 unspecified atom stereocenters. The van der Waals surface area contributed by atoms with Gasteiger partial charge in [-0.15, -0.1) is 24.8 Å². The summed E-state index contributed by atoms with van der Waals surface area (Å²) in [7, 11) is 1.71. The van der Waals surface area contributed by atoms with E-state index in [4.69, 9.17) is 4.74 Å². The molecule has 0 bridgehead atoms. The average Bonchev–Trinajstić information content (AvgIpc) is 3.17. The van der Waals surface area contributed by atoms with Crippen molar-refractivity contribution < 1.29 is 18.3 Å². The lowest BCUT2D eigenvalue weighted by Crippen LogP contribution is -2.62. The zero-order valence-electron chi connectivity index (χ0n) is 25.9. The highest BCUT2D eigenvalue weighted by Crippen LogP contribution is 2.40. The first-order valence-electron chi connectivity index (χ1n) is 14.6. The molecule has 1 aromatic carbocycles. The molecule has 0 aliphatic carbocycles. The topological polar surface area (TPSA) is 70.1 Å². The Morgan fingerprint density at radius 2 is 1.79 bits per heavy atom. The van der Waals surface area contributed by atoms with Crippen LogP contribution in [0.3, 0.4) is 0 Å². The Labute approximate surface area is 265 Å². The number of piperazine rings is 1. The number of carbonyl (C=O) groups excluding carboxylic acids is 1. The van der Waals surface area contributed by atoms with Crippen molar-refractivity contribution in [2.24, 2.45) is 7.05 Å². The normalized spacial score (nSPS) is 25.5. The fourth-order valence-corrected chi connectivity index (χ4v) is 6.73. The predicted molar refractivity (Wildman–Crippen MR) is 170 cm³/mol. The van der Waals surface area contributed by atoms with Gasteiger partial charge in [-0.2, -0.15) is 0 Å². The van der Waals surface area contributed by atoms with Crippen LogP contribution in [0.1, 0.15) is 51.4 Å². The van der Waals surface area contributed by atoms with E-state index < -0.39 is 17.0 Å². The molecule has 1 aromatic heterocycles. The number of fused-ring (bicyclic) bond motifs is 1. The Morgan fingerprint density at radius 1 is 1.07 bits per heavy atom. The summed E-state index contributed by atoms with van der Waals surface area (Å²) in [5, 5.41) is 3.58. The molecule has 0 radical (unpaired) electrons. The minimum absolute atomic E-state index is 0. The number of morpholine rings is 1. The number of halogens is 4. The summed E-state index contributed by atoms with van der Waals surface area (Å²) < 4.78 is 35.4. The largest absolute Gasteiger partial charge is 0.376 e. The van der Waals surface area contributed by atoms with Crippen LogP contribution in [0.4, 0.5) is 14.5 Å². The second-order valence-electron chi connectivity index (χ2n) is 12.9. The van der Waals surface area contributed by atoms with E-state index in [2.05, 4.69) is 35.9 Å². The number of hydrogen-bond acceptors (Lipinski definition) is 6. The fourth-order valence-electron chi connectivity index (χ4n) is 6.73. The van der Waals surface area contributed by atoms with Crippen LogP contribution >= 0.6 is 24.8 Å². The highest BCUT2D eigenvalue weighted by Gasteiger charge is 2.42. The molecule has 8 nitrogen and oxygen atoms in total. The van der Waals surface area contributed by atoms with E-state index in [1.54, 1.807) is 22.6 Å². The molecule has 0 saturated carbocycles. The van der Waals surface area contributed by atoms with Gasteiger partial charge in [-0.05, 0) is 38.5 Å². The quantitative estimate of drug-likeness (QED) is 0.520. The molecule has 12 heteroatoms. The van der Waals surface area contributed by atoms with E-state index in [9.17, 15) is 18.4 Å². The number of pyridine rings is 1. The molecule has 4 heterocycles. The Kier molecular flexibility index (Phi) is 11.5. The molecule has 2 fully saturated rings. The van der Waals surface area contributed by atoms with Crippen molar-refractivity contribution in [2.45, 2.75) is 70.7 Å². The molecule has 43 heavy (non-hydrogen) atoms. The summed E-state index contributed by atoms with van der Waals surface area (Å²) >= 11 is 0. The van der Waals surface area contributed by atoms with Gasteiger partial charge in [-0.1, -0.05) is 19.9 Å². The Bertz CT molecular complexity index is 1370. The van der Waals surface area contributed by atoms with Crippen molar-refractivity contribution in [1.82, 2.24) is 19.7 Å². The second-order valence-corrected chi connectivity index (χ2v) is 12.9. The number of carbonyl (C=O) groups is 1. The van der Waals surface area contributed by atoms with Gasteiger partial charge in [-0.25, -0.2) is 8.78 Å². The maximum atomic E-state index is 14.5. The molecular weight excluding hydrogens is 599 g/mol. The Balaban J connectivity index is 0.00000253. The smallest absolute Gasteiger partial charge is 0.254 e. The molecule has 4 atom stereocenters. The minimum Gasteiger partial charge on any atom is -0.376 e. The summed E-state index contributed by atoms with van der Waals surface area (Å²) in [6.45, 7) is 15.2. The van der Waals surface area contributed by atoms with Gasteiger partial charge in [0.05, 0.1) is 30.6 Å². The van der Waals surface area contributed by atoms with E-state index in [-0.39, 0.29) is 73.0 Å². The summed E-state index contributed by atoms with van der Waals surface area (Å²) in [6.07, 6.45) is 0.200. The SMILES string of the molecule is C[C@@H]1CN(CC(=O)N2CC(C)(C)c3c2cc(Cc2ccc(F)cc2F)c(=O)n3C)[C@@H](CN2C[C@H](C)OC[C@H]2C)CN1.Cl.Cl. The fraction of sp³-hybridized carbons (Fsp3) is 0.613. The van der Waals surface area contributed by atoms with Gasteiger partial charge in [-0.3, -0.25) is 19.4 Å². The van der Waals surface area contributed by atoms with E-state index in [1.807, 2.05) is 13.8 Å². The standard InChI is InChI=1S/C31H43F2N5O3.2ClH/c1-19-13-37(25(12-34-19)15-36-14-21(3)41-17-20(36)2)16-28(39)38-18-31(4,5)29-27(38)10-23(30(40)35(29)6)9-22-7-8-24(32)11-26(22)33;;/h7-8,10-11,19-21,25,34H,9,12-18H2,1-6H3;2*1H/t19-,20-,21+,25-;;/m1../s1. The van der Waals surface area contributed by atoms with E-state index in [0.717, 1.165) is 37.9 Å². The molecule has 1 amide bonds. The summed E-state index contributed by atoms with van der Waals surface area (Å²) in [6, 6.07) is 5.89. The van der Waals surface area contributed by atoms with Gasteiger partial charge in [0.1, 0.15) is 11.6 Å². The number of rotatable bonds is 6. The average molecular weight is 645 g/mol. The summed E-state index contributed by atoms with van der Waals surface area (Å²) in [5.74, 6) is -1.37. The first-order valence-corrected chi connectivity index (χ1v) is 14.6. The molecule has 240 valence electrons. The van der Waals surface area contributed by atoms with Crippen molar-refractivity contribution in [3.63, 3.8) is 0 Å².